The summed E-state index contributed by atoms with van der Waals surface area (Å²) in [7, 11) is 0. The number of amides is 1. The third kappa shape index (κ3) is 4.76. The van der Waals surface area contributed by atoms with E-state index in [-0.39, 0.29) is 19.7 Å². The highest BCUT2D eigenvalue weighted by molar-refractivity contribution is 6.32. The third-order valence-electron chi connectivity index (χ3n) is 3.20. The fourth-order valence-electron chi connectivity index (χ4n) is 2.05. The monoisotopic (exact) mass is 350 g/mol. The molecular formula is C17H16ClFN2O3. The summed E-state index contributed by atoms with van der Waals surface area (Å²) in [6.07, 6.45) is 1.05. The van der Waals surface area contributed by atoms with Gasteiger partial charge in [-0.2, -0.15) is 0 Å². The SMILES string of the molecule is CCOC(=O)C(=O)N(Cc1ccc(F)cn1)Cc1ccccc1Cl. The Morgan fingerprint density at radius 3 is 2.58 bits per heavy atom. The van der Waals surface area contributed by atoms with Crippen LogP contribution in [0, 0.1) is 5.82 Å². The molecule has 0 unspecified atom stereocenters. The van der Waals surface area contributed by atoms with Crippen molar-refractivity contribution in [2.24, 2.45) is 0 Å². The van der Waals surface area contributed by atoms with Gasteiger partial charge in [-0.05, 0) is 30.7 Å². The summed E-state index contributed by atoms with van der Waals surface area (Å²) in [5, 5.41) is 0.478. The number of hydrogen-bond donors (Lipinski definition) is 0. The Labute approximate surface area is 144 Å². The molecule has 0 aliphatic rings. The second kappa shape index (κ2) is 8.40. The van der Waals surface area contributed by atoms with E-state index in [1.807, 2.05) is 0 Å². The predicted molar refractivity (Wildman–Crippen MR) is 86.5 cm³/mol. The van der Waals surface area contributed by atoms with Crippen LogP contribution in [-0.2, 0) is 27.4 Å². The number of carbonyl (C=O) groups is 2. The summed E-state index contributed by atoms with van der Waals surface area (Å²) >= 11 is 6.12. The van der Waals surface area contributed by atoms with Crippen molar-refractivity contribution in [1.29, 1.82) is 0 Å². The van der Waals surface area contributed by atoms with Gasteiger partial charge in [0, 0.05) is 11.6 Å². The van der Waals surface area contributed by atoms with Crippen LogP contribution in [0.2, 0.25) is 5.02 Å². The summed E-state index contributed by atoms with van der Waals surface area (Å²) in [5.74, 6) is -2.23. The number of hydrogen-bond acceptors (Lipinski definition) is 4. The average molecular weight is 351 g/mol. The van der Waals surface area contributed by atoms with E-state index in [9.17, 15) is 14.0 Å². The van der Waals surface area contributed by atoms with E-state index in [1.165, 1.54) is 17.0 Å². The van der Waals surface area contributed by atoms with Crippen LogP contribution in [-0.4, -0.2) is 28.4 Å². The second-order valence-electron chi connectivity index (χ2n) is 4.94. The van der Waals surface area contributed by atoms with E-state index in [2.05, 4.69) is 4.98 Å². The van der Waals surface area contributed by atoms with Crippen LogP contribution < -0.4 is 0 Å². The topological polar surface area (TPSA) is 59.5 Å². The first-order chi connectivity index (χ1) is 11.5. The Morgan fingerprint density at radius 1 is 1.21 bits per heavy atom. The fourth-order valence-corrected chi connectivity index (χ4v) is 2.24. The molecule has 0 spiro atoms. The van der Waals surface area contributed by atoms with Crippen molar-refractivity contribution in [3.05, 3.63) is 64.7 Å². The van der Waals surface area contributed by atoms with E-state index in [1.54, 1.807) is 31.2 Å². The van der Waals surface area contributed by atoms with Crippen molar-refractivity contribution in [3.8, 4) is 0 Å². The minimum Gasteiger partial charge on any atom is -0.459 e. The van der Waals surface area contributed by atoms with Crippen LogP contribution in [0.25, 0.3) is 0 Å². The van der Waals surface area contributed by atoms with Gasteiger partial charge in [-0.3, -0.25) is 9.78 Å². The lowest BCUT2D eigenvalue weighted by atomic mass is 10.2. The van der Waals surface area contributed by atoms with Gasteiger partial charge < -0.3 is 9.64 Å². The zero-order valence-electron chi connectivity index (χ0n) is 13.0. The molecule has 1 heterocycles. The Hall–Kier alpha value is -2.47. The number of halogens is 2. The van der Waals surface area contributed by atoms with Crippen LogP contribution in [0.1, 0.15) is 18.2 Å². The van der Waals surface area contributed by atoms with Crippen molar-refractivity contribution in [2.75, 3.05) is 6.61 Å². The van der Waals surface area contributed by atoms with Crippen molar-refractivity contribution in [1.82, 2.24) is 9.88 Å². The lowest BCUT2D eigenvalue weighted by molar-refractivity contribution is -0.160. The quantitative estimate of drug-likeness (QED) is 0.614. The van der Waals surface area contributed by atoms with Gasteiger partial charge in [-0.25, -0.2) is 9.18 Å². The van der Waals surface area contributed by atoms with Gasteiger partial charge in [0.05, 0.1) is 25.0 Å². The maximum absolute atomic E-state index is 13.0. The Bertz CT molecular complexity index is 722. The predicted octanol–water partition coefficient (Wildman–Crippen LogP) is 2.97. The number of esters is 1. The maximum Gasteiger partial charge on any atom is 0.397 e. The lowest BCUT2D eigenvalue weighted by Gasteiger charge is -2.22. The Morgan fingerprint density at radius 2 is 1.96 bits per heavy atom. The largest absolute Gasteiger partial charge is 0.459 e. The van der Waals surface area contributed by atoms with Crippen molar-refractivity contribution in [3.63, 3.8) is 0 Å². The molecule has 7 heteroatoms. The number of benzene rings is 1. The molecule has 126 valence electrons. The third-order valence-corrected chi connectivity index (χ3v) is 3.57. The van der Waals surface area contributed by atoms with E-state index < -0.39 is 17.7 Å². The molecule has 0 N–H and O–H groups in total. The van der Waals surface area contributed by atoms with Crippen LogP contribution in [0.4, 0.5) is 4.39 Å². The minimum absolute atomic E-state index is 0.0309. The van der Waals surface area contributed by atoms with E-state index in [0.717, 1.165) is 6.20 Å². The van der Waals surface area contributed by atoms with Gasteiger partial charge in [0.25, 0.3) is 0 Å². The number of pyridine rings is 1. The van der Waals surface area contributed by atoms with Crippen molar-refractivity contribution in [2.45, 2.75) is 20.0 Å². The standard InChI is InChI=1S/C17H16ClFN2O3/c1-2-24-17(23)16(22)21(10-12-5-3-4-6-15(12)18)11-14-8-7-13(19)9-20-14/h3-9H,2,10-11H2,1H3. The molecule has 0 saturated carbocycles. The average Bonchev–Trinajstić information content (AvgIpc) is 2.57. The zero-order chi connectivity index (χ0) is 17.5. The van der Waals surface area contributed by atoms with E-state index >= 15 is 0 Å². The molecule has 24 heavy (non-hydrogen) atoms. The van der Waals surface area contributed by atoms with Crippen molar-refractivity contribution < 1.29 is 18.7 Å². The molecule has 5 nitrogen and oxygen atoms in total. The van der Waals surface area contributed by atoms with Crippen LogP contribution in [0.3, 0.4) is 0 Å². The van der Waals surface area contributed by atoms with Crippen LogP contribution >= 0.6 is 11.6 Å². The molecule has 0 saturated heterocycles. The summed E-state index contributed by atoms with van der Waals surface area (Å²) in [6.45, 7) is 1.85. The molecule has 1 aromatic heterocycles. The molecular weight excluding hydrogens is 335 g/mol. The molecule has 0 bridgehead atoms. The van der Waals surface area contributed by atoms with Gasteiger partial charge >= 0.3 is 11.9 Å². The zero-order valence-corrected chi connectivity index (χ0v) is 13.8. The first-order valence-corrected chi connectivity index (χ1v) is 7.69. The highest BCUT2D eigenvalue weighted by Gasteiger charge is 2.24. The normalized spacial score (nSPS) is 10.3. The maximum atomic E-state index is 13.0. The van der Waals surface area contributed by atoms with Gasteiger partial charge in [-0.1, -0.05) is 29.8 Å². The van der Waals surface area contributed by atoms with Gasteiger partial charge in [-0.15, -0.1) is 0 Å². The lowest BCUT2D eigenvalue weighted by Crippen LogP contribution is -2.37. The number of ether oxygens (including phenoxy) is 1. The molecule has 0 radical (unpaired) electrons. The smallest absolute Gasteiger partial charge is 0.397 e. The minimum atomic E-state index is -0.952. The van der Waals surface area contributed by atoms with E-state index in [0.29, 0.717) is 16.3 Å². The number of aromatic nitrogens is 1. The molecule has 0 fully saturated rings. The van der Waals surface area contributed by atoms with Crippen LogP contribution in [0.15, 0.2) is 42.6 Å². The van der Waals surface area contributed by atoms with Crippen LogP contribution in [0.5, 0.6) is 0 Å². The molecule has 0 aliphatic heterocycles. The summed E-state index contributed by atoms with van der Waals surface area (Å²) in [5.41, 5.74) is 1.13. The van der Waals surface area contributed by atoms with Gasteiger partial charge in [0.1, 0.15) is 5.82 Å². The second-order valence-corrected chi connectivity index (χ2v) is 5.35. The van der Waals surface area contributed by atoms with Gasteiger partial charge in [0.2, 0.25) is 0 Å². The van der Waals surface area contributed by atoms with Gasteiger partial charge in [0.15, 0.2) is 0 Å². The van der Waals surface area contributed by atoms with Crippen molar-refractivity contribution >= 4 is 23.5 Å². The first-order valence-electron chi connectivity index (χ1n) is 7.31. The highest BCUT2D eigenvalue weighted by atomic mass is 35.5. The number of rotatable bonds is 5. The Kier molecular flexibility index (Phi) is 6.26. The molecule has 2 rings (SSSR count). The van der Waals surface area contributed by atoms with E-state index in [4.69, 9.17) is 16.3 Å². The molecule has 0 aliphatic carbocycles. The molecule has 2 aromatic rings. The summed E-state index contributed by atoms with van der Waals surface area (Å²) < 4.78 is 17.7. The number of nitrogens with zero attached hydrogens (tertiary/aromatic N) is 2. The molecule has 1 aromatic carbocycles. The number of carbonyl (C=O) groups excluding carboxylic acids is 2. The Balaban J connectivity index is 2.23. The summed E-state index contributed by atoms with van der Waals surface area (Å²) in [4.78, 5) is 29.3. The molecule has 1 amide bonds. The fraction of sp³-hybridized carbons (Fsp3) is 0.235. The summed E-state index contributed by atoms with van der Waals surface area (Å²) in [6, 6.07) is 9.69. The first kappa shape index (κ1) is 17.9. The highest BCUT2D eigenvalue weighted by Crippen LogP contribution is 2.18. The molecule has 0 atom stereocenters.